The number of carbonyl (C=O) groups excluding carboxylic acids is 1. The summed E-state index contributed by atoms with van der Waals surface area (Å²) in [4.78, 5) is 17.1. The monoisotopic (exact) mass is 210 g/mol. The van der Waals surface area contributed by atoms with Gasteiger partial charge in [0.15, 0.2) is 0 Å². The second kappa shape index (κ2) is 4.87. The highest BCUT2D eigenvalue weighted by atomic mass is 19.1. The fourth-order valence-corrected chi connectivity index (χ4v) is 1.42. The van der Waals surface area contributed by atoms with E-state index in [2.05, 4.69) is 4.98 Å². The van der Waals surface area contributed by atoms with E-state index in [4.69, 9.17) is 0 Å². The van der Waals surface area contributed by atoms with Gasteiger partial charge in [0.25, 0.3) is 5.91 Å². The van der Waals surface area contributed by atoms with Crippen LogP contribution in [0.25, 0.3) is 0 Å². The van der Waals surface area contributed by atoms with Gasteiger partial charge in [0.1, 0.15) is 5.69 Å². The first kappa shape index (κ1) is 11.6. The zero-order valence-corrected chi connectivity index (χ0v) is 9.20. The van der Waals surface area contributed by atoms with Crippen LogP contribution in [0.5, 0.6) is 0 Å². The minimum atomic E-state index is -0.624. The first-order valence-corrected chi connectivity index (χ1v) is 4.99. The summed E-state index contributed by atoms with van der Waals surface area (Å²) in [7, 11) is 0. The van der Waals surface area contributed by atoms with Gasteiger partial charge in [0.05, 0.1) is 0 Å². The number of halogens is 1. The van der Waals surface area contributed by atoms with Crippen molar-refractivity contribution in [3.8, 4) is 0 Å². The summed E-state index contributed by atoms with van der Waals surface area (Å²) in [5, 5.41) is 0. The molecule has 0 aromatic carbocycles. The molecule has 0 N–H and O–H groups in total. The Hall–Kier alpha value is -1.45. The van der Waals surface area contributed by atoms with Gasteiger partial charge in [-0.1, -0.05) is 6.07 Å². The van der Waals surface area contributed by atoms with E-state index >= 15 is 0 Å². The number of nitrogens with zero attached hydrogens (tertiary/aromatic N) is 2. The normalized spacial score (nSPS) is 10.5. The summed E-state index contributed by atoms with van der Waals surface area (Å²) in [6.07, 6.45) is 0. The van der Waals surface area contributed by atoms with E-state index in [9.17, 15) is 9.18 Å². The number of pyridine rings is 1. The molecule has 1 aromatic rings. The number of hydrogen-bond donors (Lipinski definition) is 0. The smallest absolute Gasteiger partial charge is 0.272 e. The molecule has 0 saturated carbocycles. The molecule has 15 heavy (non-hydrogen) atoms. The highest BCUT2D eigenvalue weighted by Crippen LogP contribution is 2.06. The summed E-state index contributed by atoms with van der Waals surface area (Å²) in [6.45, 7) is 6.31. The molecular formula is C11H15FN2O. The number of rotatable bonds is 3. The minimum Gasteiger partial charge on any atom is -0.335 e. The van der Waals surface area contributed by atoms with Crippen LogP contribution in [0.2, 0.25) is 0 Å². The molecule has 0 aliphatic rings. The topological polar surface area (TPSA) is 33.2 Å². The fraction of sp³-hybridized carbons (Fsp3) is 0.455. The van der Waals surface area contributed by atoms with Gasteiger partial charge in [-0.05, 0) is 32.9 Å². The van der Waals surface area contributed by atoms with E-state index in [-0.39, 0.29) is 17.6 Å². The summed E-state index contributed by atoms with van der Waals surface area (Å²) in [5.41, 5.74) is 0.158. The lowest BCUT2D eigenvalue weighted by Crippen LogP contribution is -2.37. The molecule has 0 atom stereocenters. The molecular weight excluding hydrogens is 195 g/mol. The summed E-state index contributed by atoms with van der Waals surface area (Å²) < 4.78 is 12.8. The van der Waals surface area contributed by atoms with Gasteiger partial charge in [0, 0.05) is 12.6 Å². The van der Waals surface area contributed by atoms with Gasteiger partial charge in [0.2, 0.25) is 5.95 Å². The van der Waals surface area contributed by atoms with Crippen molar-refractivity contribution in [3.05, 3.63) is 29.8 Å². The Balaban J connectivity index is 2.93. The largest absolute Gasteiger partial charge is 0.335 e. The molecule has 0 aliphatic carbocycles. The highest BCUT2D eigenvalue weighted by molar-refractivity contribution is 5.92. The van der Waals surface area contributed by atoms with Crippen molar-refractivity contribution in [1.82, 2.24) is 9.88 Å². The average molecular weight is 210 g/mol. The lowest BCUT2D eigenvalue weighted by Gasteiger charge is -2.24. The molecule has 0 saturated heterocycles. The Morgan fingerprint density at radius 2 is 2.20 bits per heavy atom. The van der Waals surface area contributed by atoms with Gasteiger partial charge in [-0.25, -0.2) is 4.98 Å². The maximum absolute atomic E-state index is 12.8. The molecule has 1 rings (SSSR count). The number of amides is 1. The first-order chi connectivity index (χ1) is 7.06. The number of hydrogen-bond acceptors (Lipinski definition) is 2. The molecule has 82 valence electrons. The van der Waals surface area contributed by atoms with Crippen molar-refractivity contribution < 1.29 is 9.18 Å². The zero-order chi connectivity index (χ0) is 11.4. The Labute approximate surface area is 88.9 Å². The van der Waals surface area contributed by atoms with Crippen LogP contribution >= 0.6 is 0 Å². The third-order valence-electron chi connectivity index (χ3n) is 2.16. The molecule has 1 aromatic heterocycles. The maximum Gasteiger partial charge on any atom is 0.272 e. The van der Waals surface area contributed by atoms with Gasteiger partial charge in [-0.3, -0.25) is 4.79 Å². The van der Waals surface area contributed by atoms with Crippen LogP contribution in [0, 0.1) is 5.95 Å². The van der Waals surface area contributed by atoms with Crippen LogP contribution in [0.1, 0.15) is 31.3 Å². The summed E-state index contributed by atoms with van der Waals surface area (Å²) in [5.74, 6) is -0.854. The lowest BCUT2D eigenvalue weighted by atomic mass is 10.2. The van der Waals surface area contributed by atoms with E-state index in [1.165, 1.54) is 18.2 Å². The van der Waals surface area contributed by atoms with Crippen molar-refractivity contribution in [2.24, 2.45) is 0 Å². The van der Waals surface area contributed by atoms with E-state index in [0.717, 1.165) is 0 Å². The van der Waals surface area contributed by atoms with Crippen LogP contribution in [0.3, 0.4) is 0 Å². The van der Waals surface area contributed by atoms with Crippen molar-refractivity contribution in [2.75, 3.05) is 6.54 Å². The van der Waals surface area contributed by atoms with Gasteiger partial charge >= 0.3 is 0 Å². The van der Waals surface area contributed by atoms with Crippen molar-refractivity contribution >= 4 is 5.91 Å². The molecule has 0 fully saturated rings. The van der Waals surface area contributed by atoms with Crippen LogP contribution < -0.4 is 0 Å². The van der Waals surface area contributed by atoms with Gasteiger partial charge in [-0.15, -0.1) is 0 Å². The molecule has 0 aliphatic heterocycles. The standard InChI is InChI=1S/C11H15FN2O/c1-4-14(8(2)3)11(15)9-6-5-7-10(12)13-9/h5-8H,4H2,1-3H3. The molecule has 1 heterocycles. The predicted molar refractivity (Wildman–Crippen MR) is 56.0 cm³/mol. The van der Waals surface area contributed by atoms with Crippen molar-refractivity contribution in [1.29, 1.82) is 0 Å². The molecule has 1 amide bonds. The summed E-state index contributed by atoms with van der Waals surface area (Å²) >= 11 is 0. The zero-order valence-electron chi connectivity index (χ0n) is 9.20. The highest BCUT2D eigenvalue weighted by Gasteiger charge is 2.18. The second-order valence-electron chi connectivity index (χ2n) is 3.53. The van der Waals surface area contributed by atoms with Crippen molar-refractivity contribution in [2.45, 2.75) is 26.8 Å². The third-order valence-corrected chi connectivity index (χ3v) is 2.16. The minimum absolute atomic E-state index is 0.0903. The Morgan fingerprint density at radius 1 is 1.53 bits per heavy atom. The third kappa shape index (κ3) is 2.75. The fourth-order valence-electron chi connectivity index (χ4n) is 1.42. The van der Waals surface area contributed by atoms with Crippen molar-refractivity contribution in [3.63, 3.8) is 0 Å². The van der Waals surface area contributed by atoms with Crippen LogP contribution in [0.15, 0.2) is 18.2 Å². The molecule has 3 nitrogen and oxygen atoms in total. The summed E-state index contributed by atoms with van der Waals surface area (Å²) in [6, 6.07) is 4.33. The quantitative estimate of drug-likeness (QED) is 0.716. The second-order valence-corrected chi connectivity index (χ2v) is 3.53. The number of carbonyl (C=O) groups is 1. The van der Waals surface area contributed by atoms with E-state index in [1.807, 2.05) is 20.8 Å². The molecule has 0 spiro atoms. The molecule has 0 unspecified atom stereocenters. The predicted octanol–water partition coefficient (Wildman–Crippen LogP) is 2.09. The van der Waals surface area contributed by atoms with Gasteiger partial charge < -0.3 is 4.90 Å². The van der Waals surface area contributed by atoms with E-state index < -0.39 is 5.95 Å². The Bertz CT molecular complexity index is 352. The van der Waals surface area contributed by atoms with E-state index in [0.29, 0.717) is 6.54 Å². The average Bonchev–Trinajstić information content (AvgIpc) is 2.18. The SMILES string of the molecule is CCN(C(=O)c1cccc(F)n1)C(C)C. The first-order valence-electron chi connectivity index (χ1n) is 4.99. The Morgan fingerprint density at radius 3 is 2.67 bits per heavy atom. The lowest BCUT2D eigenvalue weighted by molar-refractivity contribution is 0.0709. The maximum atomic E-state index is 12.8. The van der Waals surface area contributed by atoms with Crippen LogP contribution in [0.4, 0.5) is 4.39 Å². The Kier molecular flexibility index (Phi) is 3.77. The molecule has 4 heteroatoms. The molecule has 0 bridgehead atoms. The van der Waals surface area contributed by atoms with Crippen LogP contribution in [-0.4, -0.2) is 28.4 Å². The molecule has 0 radical (unpaired) electrons. The van der Waals surface area contributed by atoms with Crippen LogP contribution in [-0.2, 0) is 0 Å². The number of aromatic nitrogens is 1. The van der Waals surface area contributed by atoms with Gasteiger partial charge in [-0.2, -0.15) is 4.39 Å². The van der Waals surface area contributed by atoms with E-state index in [1.54, 1.807) is 4.90 Å².